The zero-order valence-electron chi connectivity index (χ0n) is 15.9. The molecule has 2 aromatic heterocycles. The second-order valence-corrected chi connectivity index (χ2v) is 8.85. The van der Waals surface area contributed by atoms with E-state index in [9.17, 15) is 9.59 Å². The van der Waals surface area contributed by atoms with Crippen LogP contribution >= 0.6 is 23.1 Å². The molecule has 0 saturated heterocycles. The van der Waals surface area contributed by atoms with Crippen LogP contribution in [0.15, 0.2) is 57.7 Å². The lowest BCUT2D eigenvalue weighted by Crippen LogP contribution is -2.11. The highest BCUT2D eigenvalue weighted by Crippen LogP contribution is 2.28. The summed E-state index contributed by atoms with van der Waals surface area (Å²) in [6, 6.07) is 14.6. The molecule has 0 bridgehead atoms. The molecule has 0 aliphatic heterocycles. The Balaban J connectivity index is 1.46. The van der Waals surface area contributed by atoms with E-state index in [0.29, 0.717) is 21.8 Å². The van der Waals surface area contributed by atoms with Crippen molar-refractivity contribution >= 4 is 45.0 Å². The van der Waals surface area contributed by atoms with Crippen molar-refractivity contribution in [3.63, 3.8) is 0 Å². The molecule has 0 aliphatic carbocycles. The van der Waals surface area contributed by atoms with Gasteiger partial charge in [-0.25, -0.2) is 0 Å². The number of rotatable bonds is 5. The predicted octanol–water partition coefficient (Wildman–Crippen LogP) is 4.54. The Labute approximate surface area is 175 Å². The maximum absolute atomic E-state index is 12.5. The van der Waals surface area contributed by atoms with Gasteiger partial charge in [-0.2, -0.15) is 0 Å². The highest BCUT2D eigenvalue weighted by atomic mass is 32.2. The molecule has 29 heavy (non-hydrogen) atoms. The molecule has 2 aromatic carbocycles. The van der Waals surface area contributed by atoms with Gasteiger partial charge < -0.3 is 4.98 Å². The number of anilines is 1. The van der Waals surface area contributed by atoms with Crippen molar-refractivity contribution in [1.82, 2.24) is 15.2 Å². The third-order valence-electron chi connectivity index (χ3n) is 4.35. The fourth-order valence-corrected chi connectivity index (χ4v) is 4.71. The van der Waals surface area contributed by atoms with Gasteiger partial charge in [0.15, 0.2) is 9.77 Å². The lowest BCUT2D eigenvalue weighted by atomic mass is 10.1. The molecule has 0 fully saturated rings. The van der Waals surface area contributed by atoms with E-state index in [0.717, 1.165) is 26.7 Å². The second-order valence-electron chi connectivity index (χ2n) is 6.65. The van der Waals surface area contributed by atoms with Gasteiger partial charge in [0, 0.05) is 28.5 Å². The topological polar surface area (TPSA) is 87.7 Å². The van der Waals surface area contributed by atoms with Crippen LogP contribution in [-0.2, 0) is 5.75 Å². The molecule has 0 saturated carbocycles. The van der Waals surface area contributed by atoms with Crippen molar-refractivity contribution < 1.29 is 4.79 Å². The lowest BCUT2D eigenvalue weighted by Gasteiger charge is -2.07. The van der Waals surface area contributed by atoms with E-state index >= 15 is 0 Å². The molecule has 2 heterocycles. The minimum Gasteiger partial charge on any atom is -0.357 e. The molecule has 4 aromatic rings. The smallest absolute Gasteiger partial charge is 0.257 e. The quantitative estimate of drug-likeness (QED) is 0.364. The summed E-state index contributed by atoms with van der Waals surface area (Å²) in [7, 11) is 0. The average molecular weight is 423 g/mol. The van der Waals surface area contributed by atoms with Gasteiger partial charge in [0.25, 0.3) is 5.91 Å². The Bertz CT molecular complexity index is 1250. The van der Waals surface area contributed by atoms with Gasteiger partial charge in [0.05, 0.1) is 5.52 Å². The number of aryl methyl sites for hydroxylation is 2. The number of nitrogens with zero attached hydrogens (tertiary/aromatic N) is 2. The molecule has 0 aliphatic rings. The molecule has 4 rings (SSSR count). The third kappa shape index (κ3) is 4.38. The van der Waals surface area contributed by atoms with Crippen molar-refractivity contribution in [2.75, 3.05) is 5.32 Å². The first-order valence-corrected chi connectivity index (χ1v) is 10.8. The Morgan fingerprint density at radius 2 is 1.93 bits per heavy atom. The van der Waals surface area contributed by atoms with Crippen molar-refractivity contribution in [2.45, 2.75) is 23.9 Å². The van der Waals surface area contributed by atoms with Gasteiger partial charge in [-0.3, -0.25) is 14.9 Å². The van der Waals surface area contributed by atoms with Crippen LogP contribution in [0.5, 0.6) is 0 Å². The fraction of sp³-hybridized carbons (Fsp3) is 0.143. The molecule has 1 amide bonds. The number of carbonyl (C=O) groups excluding carboxylic acids is 1. The Hall–Kier alpha value is -2.97. The molecule has 146 valence electrons. The summed E-state index contributed by atoms with van der Waals surface area (Å²) in [5.74, 6) is 0.336. The van der Waals surface area contributed by atoms with Crippen LogP contribution < -0.4 is 10.7 Å². The highest BCUT2D eigenvalue weighted by molar-refractivity contribution is 8.00. The van der Waals surface area contributed by atoms with Crippen molar-refractivity contribution in [3.05, 3.63) is 81.1 Å². The number of benzene rings is 2. The van der Waals surface area contributed by atoms with Gasteiger partial charge in [-0.05, 0) is 43.2 Å². The van der Waals surface area contributed by atoms with Crippen molar-refractivity contribution in [1.29, 1.82) is 0 Å². The van der Waals surface area contributed by atoms with Gasteiger partial charge in [-0.1, -0.05) is 47.4 Å². The first-order valence-electron chi connectivity index (χ1n) is 8.95. The molecule has 2 N–H and O–H groups in total. The van der Waals surface area contributed by atoms with Crippen molar-refractivity contribution in [3.8, 4) is 0 Å². The van der Waals surface area contributed by atoms with E-state index in [2.05, 4.69) is 26.6 Å². The maximum Gasteiger partial charge on any atom is 0.257 e. The van der Waals surface area contributed by atoms with Crippen LogP contribution in [-0.4, -0.2) is 21.1 Å². The SMILES string of the molecule is Cc1cc(C)c2[nH]c(CSc3nnc(NC(=O)c4ccccc4)s3)cc(=O)c2c1. The minimum absolute atomic E-state index is 0.00854. The number of aromatic nitrogens is 3. The van der Waals surface area contributed by atoms with E-state index in [4.69, 9.17) is 0 Å². The first-order chi connectivity index (χ1) is 14.0. The Morgan fingerprint density at radius 1 is 1.14 bits per heavy atom. The number of hydrogen-bond donors (Lipinski definition) is 2. The molecule has 0 unspecified atom stereocenters. The monoisotopic (exact) mass is 422 g/mol. The highest BCUT2D eigenvalue weighted by Gasteiger charge is 2.11. The summed E-state index contributed by atoms with van der Waals surface area (Å²) in [5.41, 5.74) is 4.38. The summed E-state index contributed by atoms with van der Waals surface area (Å²) in [4.78, 5) is 28.0. The number of H-pyrrole nitrogens is 1. The summed E-state index contributed by atoms with van der Waals surface area (Å²) < 4.78 is 0.718. The number of aromatic amines is 1. The van der Waals surface area contributed by atoms with Crippen LogP contribution in [0.4, 0.5) is 5.13 Å². The molecule has 0 radical (unpaired) electrons. The van der Waals surface area contributed by atoms with E-state index < -0.39 is 0 Å². The van der Waals surface area contributed by atoms with Crippen LogP contribution in [0, 0.1) is 13.8 Å². The predicted molar refractivity (Wildman–Crippen MR) is 118 cm³/mol. The largest absolute Gasteiger partial charge is 0.357 e. The minimum atomic E-state index is -0.220. The number of thioether (sulfide) groups is 1. The summed E-state index contributed by atoms with van der Waals surface area (Å²) in [6.07, 6.45) is 0. The first kappa shape index (κ1) is 19.4. The molecular formula is C21H18N4O2S2. The van der Waals surface area contributed by atoms with Crippen molar-refractivity contribution in [2.24, 2.45) is 0 Å². The molecule has 8 heteroatoms. The zero-order valence-corrected chi connectivity index (χ0v) is 17.5. The van der Waals surface area contributed by atoms with Gasteiger partial charge in [0.1, 0.15) is 0 Å². The number of amides is 1. The van der Waals surface area contributed by atoms with Crippen LogP contribution in [0.25, 0.3) is 10.9 Å². The molecule has 0 spiro atoms. The molecule has 6 nitrogen and oxygen atoms in total. The third-order valence-corrected chi connectivity index (χ3v) is 6.37. The van der Waals surface area contributed by atoms with Gasteiger partial charge in [-0.15, -0.1) is 10.2 Å². The van der Waals surface area contributed by atoms with Gasteiger partial charge in [0.2, 0.25) is 5.13 Å². The Morgan fingerprint density at radius 3 is 2.72 bits per heavy atom. The summed E-state index contributed by atoms with van der Waals surface area (Å²) >= 11 is 2.77. The summed E-state index contributed by atoms with van der Waals surface area (Å²) in [5, 5.41) is 12.1. The number of carbonyl (C=O) groups is 1. The van der Waals surface area contributed by atoms with E-state index in [-0.39, 0.29) is 11.3 Å². The number of pyridine rings is 1. The zero-order chi connectivity index (χ0) is 20.4. The molecular weight excluding hydrogens is 404 g/mol. The van der Waals surface area contributed by atoms with Crippen LogP contribution in [0.2, 0.25) is 0 Å². The molecule has 0 atom stereocenters. The lowest BCUT2D eigenvalue weighted by molar-refractivity contribution is 0.102. The van der Waals surface area contributed by atoms with Crippen LogP contribution in [0.3, 0.4) is 0 Å². The number of fused-ring (bicyclic) bond motifs is 1. The summed E-state index contributed by atoms with van der Waals surface area (Å²) in [6.45, 7) is 3.98. The standard InChI is InChI=1S/C21H18N4O2S2/c1-12-8-13(2)18-16(9-12)17(26)10-15(22-18)11-28-21-25-24-20(29-21)23-19(27)14-6-4-3-5-7-14/h3-10H,11H2,1-2H3,(H,22,26)(H,23,24,27). The van der Waals surface area contributed by atoms with Gasteiger partial charge >= 0.3 is 0 Å². The normalized spacial score (nSPS) is 11.0. The Kier molecular flexibility index (Phi) is 5.46. The maximum atomic E-state index is 12.5. The van der Waals surface area contributed by atoms with E-state index in [1.807, 2.05) is 38.1 Å². The number of hydrogen-bond acceptors (Lipinski definition) is 6. The van der Waals surface area contributed by atoms with E-state index in [1.54, 1.807) is 18.2 Å². The van der Waals surface area contributed by atoms with Crippen LogP contribution in [0.1, 0.15) is 27.2 Å². The average Bonchev–Trinajstić information content (AvgIpc) is 3.15. The van der Waals surface area contributed by atoms with E-state index in [1.165, 1.54) is 23.1 Å². The second kappa shape index (κ2) is 8.18. The fourth-order valence-electron chi connectivity index (χ4n) is 3.06. The number of nitrogens with one attached hydrogen (secondary N) is 2.